The van der Waals surface area contributed by atoms with Crippen LogP contribution in [-0.4, -0.2) is 43.9 Å². The Morgan fingerprint density at radius 3 is 2.73 bits per heavy atom. The lowest BCUT2D eigenvalue weighted by molar-refractivity contribution is -0.117. The summed E-state index contributed by atoms with van der Waals surface area (Å²) in [7, 11) is 0. The van der Waals surface area contributed by atoms with Gasteiger partial charge in [-0.3, -0.25) is 10.1 Å². The zero-order valence-corrected chi connectivity index (χ0v) is 15.7. The van der Waals surface area contributed by atoms with Crippen molar-refractivity contribution in [3.05, 3.63) is 29.3 Å². The van der Waals surface area contributed by atoms with Crippen LogP contribution in [-0.2, 0) is 4.79 Å². The third-order valence-corrected chi connectivity index (χ3v) is 5.37. The molecule has 3 rings (SSSR count). The maximum Gasteiger partial charge on any atom is 0.321 e. The van der Waals surface area contributed by atoms with Crippen LogP contribution < -0.4 is 10.6 Å². The average molecular weight is 374 g/mol. The van der Waals surface area contributed by atoms with Gasteiger partial charge in [-0.15, -0.1) is 5.10 Å². The summed E-state index contributed by atoms with van der Waals surface area (Å²) in [6, 6.07) is 5.66. The lowest BCUT2D eigenvalue weighted by atomic mass is 10.1. The number of tetrazole rings is 1. The van der Waals surface area contributed by atoms with Crippen LogP contribution in [0.4, 0.5) is 4.79 Å². The highest BCUT2D eigenvalue weighted by atomic mass is 32.2. The van der Waals surface area contributed by atoms with Gasteiger partial charge in [-0.05, 0) is 60.4 Å². The molecule has 1 aliphatic rings. The van der Waals surface area contributed by atoms with E-state index in [1.165, 1.54) is 17.3 Å². The molecular weight excluding hydrogens is 352 g/mol. The molecule has 0 saturated heterocycles. The van der Waals surface area contributed by atoms with E-state index in [9.17, 15) is 9.59 Å². The Morgan fingerprint density at radius 1 is 1.23 bits per heavy atom. The van der Waals surface area contributed by atoms with Gasteiger partial charge in [0.15, 0.2) is 0 Å². The van der Waals surface area contributed by atoms with E-state index in [2.05, 4.69) is 26.2 Å². The molecule has 1 aromatic heterocycles. The van der Waals surface area contributed by atoms with Crippen molar-refractivity contribution in [2.75, 3.05) is 5.75 Å². The number of carbonyl (C=O) groups is 2. The molecule has 8 nitrogen and oxygen atoms in total. The van der Waals surface area contributed by atoms with E-state index in [1.807, 2.05) is 32.0 Å². The second-order valence-corrected chi connectivity index (χ2v) is 7.38. The molecule has 0 unspecified atom stereocenters. The number of benzene rings is 1. The fourth-order valence-electron chi connectivity index (χ4n) is 2.87. The summed E-state index contributed by atoms with van der Waals surface area (Å²) in [6.07, 6.45) is 4.19. The molecule has 2 aromatic rings. The number of carbonyl (C=O) groups excluding carboxylic acids is 2. The standard InChI is InChI=1S/C17H22N6O2S/c1-11-7-8-14(9-12(11)2)23-17(20-21-22-23)26-10-15(24)19-16(25)18-13-5-3-4-6-13/h7-9,13H,3-6,10H2,1-2H3,(H2,18,19,24,25). The van der Waals surface area contributed by atoms with E-state index in [0.717, 1.165) is 36.9 Å². The van der Waals surface area contributed by atoms with Crippen molar-refractivity contribution >= 4 is 23.7 Å². The van der Waals surface area contributed by atoms with Crippen LogP contribution in [0.1, 0.15) is 36.8 Å². The van der Waals surface area contributed by atoms with Gasteiger partial charge in [-0.25, -0.2) is 4.79 Å². The molecule has 26 heavy (non-hydrogen) atoms. The van der Waals surface area contributed by atoms with E-state index in [4.69, 9.17) is 0 Å². The first-order valence-corrected chi connectivity index (χ1v) is 9.60. The number of urea groups is 1. The van der Waals surface area contributed by atoms with E-state index in [0.29, 0.717) is 5.16 Å². The minimum absolute atomic E-state index is 0.0588. The molecule has 2 N–H and O–H groups in total. The Kier molecular flexibility index (Phi) is 5.87. The fraction of sp³-hybridized carbons (Fsp3) is 0.471. The molecule has 1 saturated carbocycles. The van der Waals surface area contributed by atoms with Gasteiger partial charge in [0.1, 0.15) is 0 Å². The Balaban J connectivity index is 1.55. The smallest absolute Gasteiger partial charge is 0.321 e. The van der Waals surface area contributed by atoms with Gasteiger partial charge >= 0.3 is 6.03 Å². The van der Waals surface area contributed by atoms with Crippen LogP contribution in [0.2, 0.25) is 0 Å². The van der Waals surface area contributed by atoms with Crippen molar-refractivity contribution in [1.82, 2.24) is 30.8 Å². The van der Waals surface area contributed by atoms with Crippen molar-refractivity contribution in [3.8, 4) is 5.69 Å². The fourth-order valence-corrected chi connectivity index (χ4v) is 3.56. The Morgan fingerprint density at radius 2 is 2.00 bits per heavy atom. The zero-order valence-electron chi connectivity index (χ0n) is 14.9. The number of hydrogen-bond donors (Lipinski definition) is 2. The molecule has 1 fully saturated rings. The number of amides is 3. The predicted molar refractivity (Wildman–Crippen MR) is 98.3 cm³/mol. The van der Waals surface area contributed by atoms with Gasteiger partial charge in [0.05, 0.1) is 11.4 Å². The van der Waals surface area contributed by atoms with Crippen molar-refractivity contribution in [2.24, 2.45) is 0 Å². The Bertz CT molecular complexity index is 800. The van der Waals surface area contributed by atoms with Gasteiger partial charge in [0.2, 0.25) is 11.1 Å². The van der Waals surface area contributed by atoms with Crippen LogP contribution in [0.15, 0.2) is 23.4 Å². The normalized spacial score (nSPS) is 14.4. The van der Waals surface area contributed by atoms with Gasteiger partial charge in [-0.1, -0.05) is 30.7 Å². The first-order valence-electron chi connectivity index (χ1n) is 8.62. The monoisotopic (exact) mass is 374 g/mol. The first kappa shape index (κ1) is 18.4. The van der Waals surface area contributed by atoms with E-state index in [-0.39, 0.29) is 17.7 Å². The molecule has 0 spiro atoms. The van der Waals surface area contributed by atoms with Crippen LogP contribution in [0, 0.1) is 13.8 Å². The largest absolute Gasteiger partial charge is 0.335 e. The molecule has 138 valence electrons. The number of thioether (sulfide) groups is 1. The number of aryl methyl sites for hydroxylation is 2. The molecule has 0 radical (unpaired) electrons. The third-order valence-electron chi connectivity index (χ3n) is 4.45. The lowest BCUT2D eigenvalue weighted by Gasteiger charge is -2.12. The summed E-state index contributed by atoms with van der Waals surface area (Å²) >= 11 is 1.19. The SMILES string of the molecule is Cc1ccc(-n2nnnc2SCC(=O)NC(=O)NC2CCCC2)cc1C. The Labute approximate surface area is 156 Å². The maximum absolute atomic E-state index is 12.0. The summed E-state index contributed by atoms with van der Waals surface area (Å²) in [5, 5.41) is 17.3. The van der Waals surface area contributed by atoms with Gasteiger partial charge in [-0.2, -0.15) is 4.68 Å². The summed E-state index contributed by atoms with van der Waals surface area (Å²) in [6.45, 7) is 4.06. The van der Waals surface area contributed by atoms with Crippen molar-refractivity contribution < 1.29 is 9.59 Å². The van der Waals surface area contributed by atoms with Crippen LogP contribution in [0.5, 0.6) is 0 Å². The summed E-state index contributed by atoms with van der Waals surface area (Å²) in [4.78, 5) is 23.8. The lowest BCUT2D eigenvalue weighted by Crippen LogP contribution is -2.44. The molecule has 3 amide bonds. The molecule has 0 aliphatic heterocycles. The average Bonchev–Trinajstić information content (AvgIpc) is 3.27. The van der Waals surface area contributed by atoms with Crippen LogP contribution in [0.3, 0.4) is 0 Å². The molecular formula is C17H22N6O2S. The molecule has 1 aliphatic carbocycles. The number of nitrogens with one attached hydrogen (secondary N) is 2. The zero-order chi connectivity index (χ0) is 18.5. The minimum atomic E-state index is -0.434. The second kappa shape index (κ2) is 8.31. The molecule has 0 atom stereocenters. The molecule has 9 heteroatoms. The highest BCUT2D eigenvalue weighted by molar-refractivity contribution is 7.99. The second-order valence-electron chi connectivity index (χ2n) is 6.43. The van der Waals surface area contributed by atoms with Crippen molar-refractivity contribution in [3.63, 3.8) is 0 Å². The molecule has 0 bridgehead atoms. The van der Waals surface area contributed by atoms with Gasteiger partial charge < -0.3 is 5.32 Å². The number of nitrogens with zero attached hydrogens (tertiary/aromatic N) is 4. The van der Waals surface area contributed by atoms with Gasteiger partial charge in [0.25, 0.3) is 0 Å². The van der Waals surface area contributed by atoms with Crippen LogP contribution in [0.25, 0.3) is 5.69 Å². The molecule has 1 aromatic carbocycles. The van der Waals surface area contributed by atoms with E-state index in [1.54, 1.807) is 4.68 Å². The highest BCUT2D eigenvalue weighted by Gasteiger charge is 2.19. The Hall–Kier alpha value is -2.42. The number of imide groups is 1. The first-order chi connectivity index (χ1) is 12.5. The van der Waals surface area contributed by atoms with Crippen molar-refractivity contribution in [1.29, 1.82) is 0 Å². The summed E-state index contributed by atoms with van der Waals surface area (Å²) < 4.78 is 1.59. The van der Waals surface area contributed by atoms with E-state index < -0.39 is 6.03 Å². The van der Waals surface area contributed by atoms with E-state index >= 15 is 0 Å². The summed E-state index contributed by atoms with van der Waals surface area (Å²) in [5.41, 5.74) is 3.15. The highest BCUT2D eigenvalue weighted by Crippen LogP contribution is 2.20. The predicted octanol–water partition coefficient (Wildman–Crippen LogP) is 2.14. The molecule has 1 heterocycles. The number of aromatic nitrogens is 4. The number of rotatable bonds is 5. The quantitative estimate of drug-likeness (QED) is 0.778. The topological polar surface area (TPSA) is 102 Å². The van der Waals surface area contributed by atoms with Crippen LogP contribution >= 0.6 is 11.8 Å². The van der Waals surface area contributed by atoms with Crippen molar-refractivity contribution in [2.45, 2.75) is 50.7 Å². The number of hydrogen-bond acceptors (Lipinski definition) is 6. The van der Waals surface area contributed by atoms with Gasteiger partial charge in [0, 0.05) is 6.04 Å². The third kappa shape index (κ3) is 4.60. The summed E-state index contributed by atoms with van der Waals surface area (Å²) in [5.74, 6) is -0.316. The maximum atomic E-state index is 12.0. The minimum Gasteiger partial charge on any atom is -0.335 e.